The van der Waals surface area contributed by atoms with E-state index in [-0.39, 0.29) is 12.1 Å². The molecule has 1 atom stereocenters. The minimum Gasteiger partial charge on any atom is -0.377 e. The van der Waals surface area contributed by atoms with Gasteiger partial charge in [-0.1, -0.05) is 0 Å². The number of aromatic amines is 1. The molecule has 0 spiro atoms. The Balaban J connectivity index is 1.56. The maximum Gasteiger partial charge on any atom is 0.318 e. The molecule has 7 nitrogen and oxygen atoms in total. The zero-order valence-electron chi connectivity index (χ0n) is 11.5. The van der Waals surface area contributed by atoms with Crippen molar-refractivity contribution in [2.24, 2.45) is 0 Å². The van der Waals surface area contributed by atoms with Gasteiger partial charge in [0.1, 0.15) is 18.2 Å². The van der Waals surface area contributed by atoms with Crippen LogP contribution in [0.25, 0.3) is 0 Å². The van der Waals surface area contributed by atoms with Crippen LogP contribution >= 0.6 is 11.3 Å². The van der Waals surface area contributed by atoms with Crippen molar-refractivity contribution in [2.75, 3.05) is 26.3 Å². The average molecular weight is 307 g/mol. The van der Waals surface area contributed by atoms with E-state index in [1.165, 1.54) is 11.9 Å². The Labute approximate surface area is 126 Å². The lowest BCUT2D eigenvalue weighted by molar-refractivity contribution is 0.00879. The highest BCUT2D eigenvalue weighted by molar-refractivity contribution is 7.07. The molecule has 8 heteroatoms. The van der Waals surface area contributed by atoms with Crippen molar-refractivity contribution in [1.82, 2.24) is 25.4 Å². The molecule has 2 N–H and O–H groups in total. The van der Waals surface area contributed by atoms with Gasteiger partial charge in [0.15, 0.2) is 0 Å². The van der Waals surface area contributed by atoms with Gasteiger partial charge in [0.05, 0.1) is 13.2 Å². The van der Waals surface area contributed by atoms with Crippen molar-refractivity contribution in [1.29, 1.82) is 0 Å². The van der Waals surface area contributed by atoms with Gasteiger partial charge in [-0.3, -0.25) is 5.10 Å². The van der Waals surface area contributed by atoms with E-state index in [0.717, 1.165) is 6.42 Å². The number of hydrogen-bond acceptors (Lipinski definition) is 5. The van der Waals surface area contributed by atoms with Crippen LogP contribution in [0.15, 0.2) is 23.2 Å². The monoisotopic (exact) mass is 307 g/mol. The van der Waals surface area contributed by atoms with Gasteiger partial charge in [-0.05, 0) is 28.8 Å². The second-order valence-corrected chi connectivity index (χ2v) is 5.55. The molecule has 0 aliphatic carbocycles. The molecule has 1 unspecified atom stereocenters. The minimum atomic E-state index is -0.206. The lowest BCUT2D eigenvalue weighted by Crippen LogP contribution is -2.48. The molecule has 2 aromatic heterocycles. The molecular weight excluding hydrogens is 290 g/mol. The molecule has 0 saturated carbocycles. The molecule has 0 bridgehead atoms. The van der Waals surface area contributed by atoms with Crippen LogP contribution in [0, 0.1) is 0 Å². The molecule has 2 aromatic rings. The van der Waals surface area contributed by atoms with Gasteiger partial charge in [-0.2, -0.15) is 16.4 Å². The molecular formula is C13H17N5O2S. The van der Waals surface area contributed by atoms with Gasteiger partial charge >= 0.3 is 6.03 Å². The van der Waals surface area contributed by atoms with E-state index in [1.807, 2.05) is 5.38 Å². The van der Waals surface area contributed by atoms with E-state index < -0.39 is 0 Å². The topological polar surface area (TPSA) is 83.1 Å². The standard InChI is InChI=1S/C13H17N5O2S/c19-13(14-3-1-10-2-6-21-8-10)18-4-5-20-7-11(18)12-15-9-16-17-12/h2,6,8-9,11H,1,3-5,7H2,(H,14,19)(H,15,16,17). The van der Waals surface area contributed by atoms with Crippen molar-refractivity contribution < 1.29 is 9.53 Å². The van der Waals surface area contributed by atoms with Gasteiger partial charge in [-0.25, -0.2) is 9.78 Å². The fourth-order valence-electron chi connectivity index (χ4n) is 2.30. The maximum absolute atomic E-state index is 12.3. The molecule has 21 heavy (non-hydrogen) atoms. The molecule has 3 heterocycles. The number of rotatable bonds is 4. The highest BCUT2D eigenvalue weighted by Crippen LogP contribution is 2.20. The van der Waals surface area contributed by atoms with E-state index in [1.54, 1.807) is 16.2 Å². The van der Waals surface area contributed by atoms with Crippen LogP contribution in [-0.2, 0) is 11.2 Å². The molecule has 1 aliphatic rings. The summed E-state index contributed by atoms with van der Waals surface area (Å²) in [5.74, 6) is 0.655. The van der Waals surface area contributed by atoms with Crippen LogP contribution in [0.4, 0.5) is 4.79 Å². The van der Waals surface area contributed by atoms with Gasteiger partial charge in [-0.15, -0.1) is 0 Å². The van der Waals surface area contributed by atoms with Crippen LogP contribution in [0.3, 0.4) is 0 Å². The number of urea groups is 1. The van der Waals surface area contributed by atoms with E-state index in [9.17, 15) is 4.79 Å². The lowest BCUT2D eigenvalue weighted by Gasteiger charge is -2.34. The number of aromatic nitrogens is 3. The summed E-state index contributed by atoms with van der Waals surface area (Å²) in [4.78, 5) is 18.2. The molecule has 0 aromatic carbocycles. The summed E-state index contributed by atoms with van der Waals surface area (Å²) in [6.45, 7) is 2.15. The Morgan fingerprint density at radius 2 is 2.57 bits per heavy atom. The highest BCUT2D eigenvalue weighted by Gasteiger charge is 2.30. The zero-order valence-corrected chi connectivity index (χ0v) is 12.3. The molecule has 0 radical (unpaired) electrons. The summed E-state index contributed by atoms with van der Waals surface area (Å²) in [5, 5.41) is 13.7. The van der Waals surface area contributed by atoms with Crippen molar-refractivity contribution in [3.05, 3.63) is 34.5 Å². The van der Waals surface area contributed by atoms with E-state index in [4.69, 9.17) is 4.74 Å². The fraction of sp³-hybridized carbons (Fsp3) is 0.462. The largest absolute Gasteiger partial charge is 0.377 e. The molecule has 112 valence electrons. The third-order valence-electron chi connectivity index (χ3n) is 3.41. The van der Waals surface area contributed by atoms with Crippen molar-refractivity contribution in [3.63, 3.8) is 0 Å². The number of hydrogen-bond donors (Lipinski definition) is 2. The quantitative estimate of drug-likeness (QED) is 0.889. The summed E-state index contributed by atoms with van der Waals surface area (Å²) in [5.41, 5.74) is 1.24. The van der Waals surface area contributed by atoms with E-state index in [2.05, 4.69) is 31.9 Å². The third-order valence-corrected chi connectivity index (χ3v) is 4.14. The van der Waals surface area contributed by atoms with Gasteiger partial charge in [0, 0.05) is 13.1 Å². The zero-order chi connectivity index (χ0) is 14.5. The van der Waals surface area contributed by atoms with Crippen molar-refractivity contribution >= 4 is 17.4 Å². The van der Waals surface area contributed by atoms with Crippen LogP contribution in [-0.4, -0.2) is 52.4 Å². The first-order valence-corrected chi connectivity index (χ1v) is 7.77. The minimum absolute atomic E-state index is 0.0880. The van der Waals surface area contributed by atoms with Gasteiger partial charge < -0.3 is 15.0 Å². The molecule has 1 aliphatic heterocycles. The van der Waals surface area contributed by atoms with Crippen LogP contribution < -0.4 is 5.32 Å². The fourth-order valence-corrected chi connectivity index (χ4v) is 3.00. The van der Waals surface area contributed by atoms with Gasteiger partial charge in [0.25, 0.3) is 0 Å². The Morgan fingerprint density at radius 3 is 3.33 bits per heavy atom. The molecule has 1 fully saturated rings. The number of thiophene rings is 1. The number of carbonyl (C=O) groups excluding carboxylic acids is 1. The van der Waals surface area contributed by atoms with Crippen LogP contribution in [0.1, 0.15) is 17.4 Å². The van der Waals surface area contributed by atoms with Crippen molar-refractivity contribution in [3.8, 4) is 0 Å². The van der Waals surface area contributed by atoms with E-state index in [0.29, 0.717) is 32.1 Å². The first-order chi connectivity index (χ1) is 10.3. The first kappa shape index (κ1) is 14.0. The summed E-state index contributed by atoms with van der Waals surface area (Å²) in [7, 11) is 0. The Hall–Kier alpha value is -1.93. The number of nitrogens with one attached hydrogen (secondary N) is 2. The summed E-state index contributed by atoms with van der Waals surface area (Å²) >= 11 is 1.67. The second-order valence-electron chi connectivity index (χ2n) is 4.77. The SMILES string of the molecule is O=C(NCCc1ccsc1)N1CCOCC1c1ncn[nH]1. The molecule has 3 rings (SSSR count). The number of carbonyl (C=O) groups is 1. The third kappa shape index (κ3) is 3.40. The number of amides is 2. The molecule has 2 amide bonds. The normalized spacial score (nSPS) is 18.7. The number of ether oxygens (including phenoxy) is 1. The second kappa shape index (κ2) is 6.68. The maximum atomic E-state index is 12.3. The van der Waals surface area contributed by atoms with Crippen LogP contribution in [0.2, 0.25) is 0 Å². The van der Waals surface area contributed by atoms with Crippen LogP contribution in [0.5, 0.6) is 0 Å². The average Bonchev–Trinajstić information content (AvgIpc) is 3.20. The highest BCUT2D eigenvalue weighted by atomic mass is 32.1. The predicted octanol–water partition coefficient (Wildman–Crippen LogP) is 1.19. The summed E-state index contributed by atoms with van der Waals surface area (Å²) in [6, 6.07) is 1.78. The van der Waals surface area contributed by atoms with Gasteiger partial charge in [0.2, 0.25) is 0 Å². The summed E-state index contributed by atoms with van der Waals surface area (Å²) in [6.07, 6.45) is 2.28. The Bertz CT molecular complexity index is 557. The van der Waals surface area contributed by atoms with Crippen molar-refractivity contribution in [2.45, 2.75) is 12.5 Å². The Morgan fingerprint density at radius 1 is 1.62 bits per heavy atom. The Kier molecular flexibility index (Phi) is 4.46. The number of H-pyrrole nitrogens is 1. The van der Waals surface area contributed by atoms with E-state index >= 15 is 0 Å². The first-order valence-electron chi connectivity index (χ1n) is 6.83. The summed E-state index contributed by atoms with van der Waals surface area (Å²) < 4.78 is 5.44. The number of morpholine rings is 1. The molecule has 1 saturated heterocycles. The number of nitrogens with zero attached hydrogens (tertiary/aromatic N) is 3. The predicted molar refractivity (Wildman–Crippen MR) is 78.1 cm³/mol. The lowest BCUT2D eigenvalue weighted by atomic mass is 10.2. The smallest absolute Gasteiger partial charge is 0.318 e.